The van der Waals surface area contributed by atoms with Crippen LogP contribution >= 0.6 is 0 Å². The Labute approximate surface area is 214 Å². The first-order chi connectivity index (χ1) is 16.7. The fourth-order valence-electron chi connectivity index (χ4n) is 4.37. The zero-order valence-corrected chi connectivity index (χ0v) is 22.6. The molecule has 1 saturated heterocycles. The summed E-state index contributed by atoms with van der Waals surface area (Å²) in [6.07, 6.45) is 2.34. The fourth-order valence-corrected chi connectivity index (χ4v) is 4.87. The van der Waals surface area contributed by atoms with E-state index >= 15 is 0 Å². The molecule has 36 heavy (non-hydrogen) atoms. The van der Waals surface area contributed by atoms with Crippen LogP contribution in [0, 0.1) is 5.92 Å². The maximum absolute atomic E-state index is 12.6. The van der Waals surface area contributed by atoms with Gasteiger partial charge in [0.2, 0.25) is 0 Å². The third-order valence-corrected chi connectivity index (χ3v) is 6.78. The number of benzene rings is 1. The third-order valence-electron chi connectivity index (χ3n) is 5.98. The van der Waals surface area contributed by atoms with Crippen LogP contribution in [0.2, 0.25) is 0 Å². The Balaban J connectivity index is 1.56. The van der Waals surface area contributed by atoms with Crippen molar-refractivity contribution in [2.75, 3.05) is 18.4 Å². The lowest BCUT2D eigenvalue weighted by molar-refractivity contribution is 0.0131. The number of anilines is 1. The molecule has 0 spiro atoms. The molecule has 9 nitrogen and oxygen atoms in total. The average molecular weight is 519 g/mol. The van der Waals surface area contributed by atoms with Gasteiger partial charge < -0.3 is 19.7 Å². The van der Waals surface area contributed by atoms with Gasteiger partial charge in [-0.1, -0.05) is 30.3 Å². The van der Waals surface area contributed by atoms with Gasteiger partial charge in [-0.2, -0.15) is 0 Å². The molecule has 0 saturated carbocycles. The summed E-state index contributed by atoms with van der Waals surface area (Å²) in [5.74, 6) is 1.10. The molecule has 1 aromatic heterocycles. The Hall–Kier alpha value is -2.85. The van der Waals surface area contributed by atoms with Crippen LogP contribution in [0.25, 0.3) is 0 Å². The lowest BCUT2D eigenvalue weighted by Gasteiger charge is -2.33. The summed E-state index contributed by atoms with van der Waals surface area (Å²) in [7, 11) is -4.00. The van der Waals surface area contributed by atoms with E-state index in [4.69, 9.17) is 14.6 Å². The van der Waals surface area contributed by atoms with Gasteiger partial charge in [-0.05, 0) is 65.4 Å². The second-order valence-corrected chi connectivity index (χ2v) is 12.4. The molecule has 1 aliphatic heterocycles. The highest BCUT2D eigenvalue weighted by Gasteiger charge is 2.42. The fraction of sp³-hybridized carbons (Fsp3) is 0.538. The largest absolute Gasteiger partial charge is 0.489 e. The molecular weight excluding hydrogens is 480 g/mol. The van der Waals surface area contributed by atoms with Crippen molar-refractivity contribution in [1.82, 2.24) is 9.88 Å². The Bertz CT molecular complexity index is 1150. The van der Waals surface area contributed by atoms with Gasteiger partial charge in [0.05, 0.1) is 0 Å². The summed E-state index contributed by atoms with van der Waals surface area (Å²) in [5, 5.41) is 8.26. The average Bonchev–Trinajstić information content (AvgIpc) is 3.08. The Morgan fingerprint density at radius 2 is 1.92 bits per heavy atom. The van der Waals surface area contributed by atoms with Crippen molar-refractivity contribution in [2.24, 2.45) is 11.1 Å². The van der Waals surface area contributed by atoms with Crippen LogP contribution in [0.1, 0.15) is 59.4 Å². The summed E-state index contributed by atoms with van der Waals surface area (Å²) in [6.45, 7) is 11.3. The molecule has 0 radical (unpaired) electrons. The van der Waals surface area contributed by atoms with Gasteiger partial charge in [0.15, 0.2) is 5.03 Å². The SMILES string of the molecule is CC(C)(C)OC(=O)N1C[C@@H](CCCNc2cc(OCc3ccccc3)cc(S(N)(=O)=O)n2)CC1(C)C. The zero-order valence-electron chi connectivity index (χ0n) is 21.8. The van der Waals surface area contributed by atoms with Crippen LogP contribution in [0.3, 0.4) is 0 Å². The minimum absolute atomic E-state index is 0.249. The first kappa shape index (κ1) is 27.7. The Kier molecular flexibility index (Phi) is 8.51. The number of hydrogen-bond acceptors (Lipinski definition) is 7. The molecule has 2 aromatic rings. The summed E-state index contributed by atoms with van der Waals surface area (Å²) in [4.78, 5) is 18.6. The van der Waals surface area contributed by atoms with E-state index in [0.29, 0.717) is 37.2 Å². The molecule has 1 amide bonds. The molecule has 3 N–H and O–H groups in total. The number of nitrogens with two attached hydrogens (primary N) is 1. The first-order valence-corrected chi connectivity index (χ1v) is 13.7. The van der Waals surface area contributed by atoms with E-state index in [-0.39, 0.29) is 16.7 Å². The molecule has 1 aromatic carbocycles. The molecule has 198 valence electrons. The monoisotopic (exact) mass is 518 g/mol. The highest BCUT2D eigenvalue weighted by atomic mass is 32.2. The lowest BCUT2D eigenvalue weighted by atomic mass is 9.93. The normalized spacial score (nSPS) is 17.6. The van der Waals surface area contributed by atoms with E-state index < -0.39 is 15.6 Å². The molecule has 0 unspecified atom stereocenters. The van der Waals surface area contributed by atoms with Gasteiger partial charge in [-0.15, -0.1) is 0 Å². The van der Waals surface area contributed by atoms with Gasteiger partial charge in [0.25, 0.3) is 10.0 Å². The first-order valence-electron chi connectivity index (χ1n) is 12.2. The van der Waals surface area contributed by atoms with Crippen molar-refractivity contribution in [3.8, 4) is 5.75 Å². The van der Waals surface area contributed by atoms with E-state index in [1.54, 1.807) is 6.07 Å². The Morgan fingerprint density at radius 1 is 1.22 bits per heavy atom. The van der Waals surface area contributed by atoms with Gasteiger partial charge >= 0.3 is 6.09 Å². The van der Waals surface area contributed by atoms with Crippen molar-refractivity contribution in [1.29, 1.82) is 0 Å². The summed E-state index contributed by atoms with van der Waals surface area (Å²) in [5.41, 5.74) is 0.162. The zero-order chi connectivity index (χ0) is 26.6. The number of pyridine rings is 1. The smallest absolute Gasteiger partial charge is 0.410 e. The molecule has 0 bridgehead atoms. The summed E-state index contributed by atoms with van der Waals surface area (Å²) >= 11 is 0. The van der Waals surface area contributed by atoms with E-state index in [1.807, 2.05) is 56.0 Å². The van der Waals surface area contributed by atoms with Gasteiger partial charge in [-0.3, -0.25) is 0 Å². The number of rotatable bonds is 9. The number of carbonyl (C=O) groups excluding carboxylic acids is 1. The molecule has 0 aliphatic carbocycles. The van der Waals surface area contributed by atoms with Crippen molar-refractivity contribution in [2.45, 2.75) is 76.7 Å². The molecule has 3 rings (SSSR count). The third kappa shape index (κ3) is 8.09. The number of hydrogen-bond donors (Lipinski definition) is 2. The predicted octanol–water partition coefficient (Wildman–Crippen LogP) is 4.54. The van der Waals surface area contributed by atoms with E-state index in [9.17, 15) is 13.2 Å². The number of nitrogens with zero attached hydrogens (tertiary/aromatic N) is 2. The summed E-state index contributed by atoms with van der Waals surface area (Å²) < 4.78 is 35.3. The van der Waals surface area contributed by atoms with Crippen molar-refractivity contribution in [3.63, 3.8) is 0 Å². The van der Waals surface area contributed by atoms with Crippen LogP contribution in [-0.2, 0) is 21.4 Å². The number of nitrogens with one attached hydrogen (secondary N) is 1. The second-order valence-electron chi connectivity index (χ2n) is 10.9. The number of amides is 1. The number of ether oxygens (including phenoxy) is 2. The van der Waals surface area contributed by atoms with E-state index in [2.05, 4.69) is 24.1 Å². The topological polar surface area (TPSA) is 124 Å². The maximum atomic E-state index is 12.6. The molecule has 1 fully saturated rings. The van der Waals surface area contributed by atoms with Crippen LogP contribution < -0.4 is 15.2 Å². The van der Waals surface area contributed by atoms with Crippen LogP contribution in [-0.4, -0.2) is 48.6 Å². The van der Waals surface area contributed by atoms with Gasteiger partial charge in [-0.25, -0.2) is 23.3 Å². The predicted molar refractivity (Wildman–Crippen MR) is 139 cm³/mol. The highest BCUT2D eigenvalue weighted by Crippen LogP contribution is 2.36. The van der Waals surface area contributed by atoms with Crippen molar-refractivity contribution in [3.05, 3.63) is 48.0 Å². The minimum atomic E-state index is -4.00. The Morgan fingerprint density at radius 3 is 2.56 bits per heavy atom. The second kappa shape index (κ2) is 11.0. The molecule has 10 heteroatoms. The van der Waals surface area contributed by atoms with Crippen LogP contribution in [0.5, 0.6) is 5.75 Å². The lowest BCUT2D eigenvalue weighted by Crippen LogP contribution is -2.45. The van der Waals surface area contributed by atoms with Gasteiger partial charge in [0, 0.05) is 30.8 Å². The molecular formula is C26H38N4O5S. The number of likely N-dealkylation sites (tertiary alicyclic amines) is 1. The quantitative estimate of drug-likeness (QED) is 0.467. The number of sulfonamides is 1. The molecule has 2 heterocycles. The standard InChI is InChI=1S/C26H38N4O5S/c1-25(2,3)35-24(31)30-17-20(16-26(30,4)5)12-9-13-28-22-14-21(15-23(29-22)36(27,32)33)34-18-19-10-7-6-8-11-19/h6-8,10-11,14-15,20H,9,12-13,16-18H2,1-5H3,(H,28,29)(H2,27,32,33)/t20-/m0/s1. The van der Waals surface area contributed by atoms with Gasteiger partial charge in [0.1, 0.15) is 23.8 Å². The minimum Gasteiger partial charge on any atom is -0.489 e. The number of primary sulfonamides is 1. The van der Waals surface area contributed by atoms with Crippen molar-refractivity contribution < 1.29 is 22.7 Å². The maximum Gasteiger partial charge on any atom is 0.410 e. The number of carbonyl (C=O) groups is 1. The summed E-state index contributed by atoms with van der Waals surface area (Å²) in [6, 6.07) is 12.6. The van der Waals surface area contributed by atoms with E-state index in [1.165, 1.54) is 6.07 Å². The van der Waals surface area contributed by atoms with Crippen LogP contribution in [0.15, 0.2) is 47.5 Å². The molecule has 1 atom stereocenters. The molecule has 1 aliphatic rings. The van der Waals surface area contributed by atoms with E-state index in [0.717, 1.165) is 24.8 Å². The van der Waals surface area contributed by atoms with Crippen LogP contribution in [0.4, 0.5) is 10.6 Å². The highest BCUT2D eigenvalue weighted by molar-refractivity contribution is 7.89. The van der Waals surface area contributed by atoms with Crippen molar-refractivity contribution >= 4 is 21.9 Å². The number of aromatic nitrogens is 1.